The molecule has 2 atom stereocenters. The van der Waals surface area contributed by atoms with Crippen molar-refractivity contribution in [3.05, 3.63) is 29.8 Å². The van der Waals surface area contributed by atoms with Crippen LogP contribution in [0.5, 0.6) is 0 Å². The molecule has 1 aliphatic rings. The van der Waals surface area contributed by atoms with Crippen LogP contribution in [-0.2, 0) is 4.79 Å². The summed E-state index contributed by atoms with van der Waals surface area (Å²) in [5.74, 6) is -2.47. The molecule has 96 valence electrons. The number of hydrogen-bond donors (Lipinski definition) is 2. The SMILES string of the molecule is O=C(O)[C@H]1C[C@@H](O)CN1C(=O)c1ccc(F)nc1. The first kappa shape index (κ1) is 12.4. The van der Waals surface area contributed by atoms with Crippen LogP contribution >= 0.6 is 0 Å². The summed E-state index contributed by atoms with van der Waals surface area (Å²) in [6.07, 6.45) is 0.181. The third-order valence-corrected chi connectivity index (χ3v) is 2.80. The van der Waals surface area contributed by atoms with E-state index in [0.29, 0.717) is 0 Å². The molecule has 0 spiro atoms. The zero-order valence-corrected chi connectivity index (χ0v) is 9.28. The maximum atomic E-state index is 12.6. The number of aliphatic carboxylic acids is 1. The van der Waals surface area contributed by atoms with Crippen molar-refractivity contribution in [3.8, 4) is 0 Å². The van der Waals surface area contributed by atoms with E-state index >= 15 is 0 Å². The van der Waals surface area contributed by atoms with Crippen LogP contribution in [-0.4, -0.2) is 50.7 Å². The first-order valence-electron chi connectivity index (χ1n) is 5.32. The Morgan fingerprint density at radius 1 is 1.44 bits per heavy atom. The number of aromatic nitrogens is 1. The number of pyridine rings is 1. The lowest BCUT2D eigenvalue weighted by atomic mass is 10.2. The molecule has 0 radical (unpaired) electrons. The predicted octanol–water partition coefficient (Wildman–Crippen LogP) is -0.119. The van der Waals surface area contributed by atoms with Crippen LogP contribution in [0.15, 0.2) is 18.3 Å². The second kappa shape index (κ2) is 4.69. The Bertz CT molecular complexity index is 476. The highest BCUT2D eigenvalue weighted by atomic mass is 19.1. The van der Waals surface area contributed by atoms with Crippen molar-refractivity contribution in [2.75, 3.05) is 6.54 Å². The fourth-order valence-electron chi connectivity index (χ4n) is 1.94. The van der Waals surface area contributed by atoms with Gasteiger partial charge in [-0.05, 0) is 12.1 Å². The molecule has 2 N–H and O–H groups in total. The number of halogens is 1. The molecule has 1 aliphatic heterocycles. The highest BCUT2D eigenvalue weighted by Crippen LogP contribution is 2.20. The molecule has 7 heteroatoms. The average Bonchev–Trinajstić information content (AvgIpc) is 2.71. The van der Waals surface area contributed by atoms with Crippen molar-refractivity contribution in [2.45, 2.75) is 18.6 Å². The number of likely N-dealkylation sites (tertiary alicyclic amines) is 1. The van der Waals surface area contributed by atoms with Gasteiger partial charge in [-0.25, -0.2) is 9.78 Å². The molecule has 0 aromatic carbocycles. The lowest BCUT2D eigenvalue weighted by Crippen LogP contribution is -2.40. The summed E-state index contributed by atoms with van der Waals surface area (Å²) in [7, 11) is 0. The Balaban J connectivity index is 2.22. The van der Waals surface area contributed by atoms with Gasteiger partial charge in [-0.2, -0.15) is 4.39 Å². The van der Waals surface area contributed by atoms with Gasteiger partial charge in [-0.1, -0.05) is 0 Å². The Morgan fingerprint density at radius 3 is 2.72 bits per heavy atom. The van der Waals surface area contributed by atoms with Crippen molar-refractivity contribution >= 4 is 11.9 Å². The van der Waals surface area contributed by atoms with Crippen molar-refractivity contribution in [3.63, 3.8) is 0 Å². The van der Waals surface area contributed by atoms with E-state index in [4.69, 9.17) is 5.11 Å². The topological polar surface area (TPSA) is 90.7 Å². The van der Waals surface area contributed by atoms with Gasteiger partial charge in [0.05, 0.1) is 11.7 Å². The molecule has 0 unspecified atom stereocenters. The van der Waals surface area contributed by atoms with Crippen molar-refractivity contribution < 1.29 is 24.2 Å². The number of carbonyl (C=O) groups excluding carboxylic acids is 1. The molecule has 0 saturated carbocycles. The maximum absolute atomic E-state index is 12.6. The summed E-state index contributed by atoms with van der Waals surface area (Å²) >= 11 is 0. The van der Waals surface area contributed by atoms with Gasteiger partial charge in [0.25, 0.3) is 5.91 Å². The van der Waals surface area contributed by atoms with Gasteiger partial charge in [-0.15, -0.1) is 0 Å². The van der Waals surface area contributed by atoms with E-state index in [1.807, 2.05) is 0 Å². The smallest absolute Gasteiger partial charge is 0.326 e. The monoisotopic (exact) mass is 254 g/mol. The standard InChI is InChI=1S/C11H11FN2O4/c12-9-2-1-6(4-13-9)10(16)14-5-7(15)3-8(14)11(17)18/h1-2,4,7-8,15H,3,5H2,(H,17,18)/t7-,8-/m1/s1. The summed E-state index contributed by atoms with van der Waals surface area (Å²) in [4.78, 5) is 27.4. The highest BCUT2D eigenvalue weighted by molar-refractivity contribution is 5.96. The third kappa shape index (κ3) is 2.30. The van der Waals surface area contributed by atoms with Gasteiger partial charge in [-0.3, -0.25) is 4.79 Å². The molecule has 1 aromatic heterocycles. The van der Waals surface area contributed by atoms with E-state index < -0.39 is 30.0 Å². The normalized spacial score (nSPS) is 23.1. The van der Waals surface area contributed by atoms with Crippen molar-refractivity contribution in [1.29, 1.82) is 0 Å². The number of rotatable bonds is 2. The molecule has 2 heterocycles. The summed E-state index contributed by atoms with van der Waals surface area (Å²) in [5.41, 5.74) is 0.0942. The summed E-state index contributed by atoms with van der Waals surface area (Å²) in [6, 6.07) is 1.20. The Kier molecular flexibility index (Phi) is 3.24. The quantitative estimate of drug-likeness (QED) is 0.718. The Morgan fingerprint density at radius 2 is 2.17 bits per heavy atom. The molecule has 6 nitrogen and oxygen atoms in total. The van der Waals surface area contributed by atoms with Crippen LogP contribution in [0.25, 0.3) is 0 Å². The van der Waals surface area contributed by atoms with Crippen LogP contribution in [0.3, 0.4) is 0 Å². The molecule has 18 heavy (non-hydrogen) atoms. The molecule has 0 bridgehead atoms. The molecular formula is C11H11FN2O4. The number of nitrogens with zero attached hydrogens (tertiary/aromatic N) is 2. The van der Waals surface area contributed by atoms with Gasteiger partial charge in [0, 0.05) is 19.2 Å². The minimum Gasteiger partial charge on any atom is -0.480 e. The van der Waals surface area contributed by atoms with Crippen LogP contribution in [0.4, 0.5) is 4.39 Å². The van der Waals surface area contributed by atoms with E-state index in [9.17, 15) is 19.1 Å². The number of carboxylic acid groups (broad SMARTS) is 1. The molecule has 0 aliphatic carbocycles. The third-order valence-electron chi connectivity index (χ3n) is 2.80. The Labute approximate surface area is 102 Å². The first-order valence-corrected chi connectivity index (χ1v) is 5.32. The lowest BCUT2D eigenvalue weighted by Gasteiger charge is -2.20. The molecule has 1 saturated heterocycles. The van der Waals surface area contributed by atoms with E-state index in [1.54, 1.807) is 0 Å². The molecule has 2 rings (SSSR count). The second-order valence-electron chi connectivity index (χ2n) is 4.07. The summed E-state index contributed by atoms with van der Waals surface area (Å²) in [6.45, 7) is -0.0484. The number of β-amino-alcohol motifs (C(OH)–C–C–N with tert-alkyl or cyclic N) is 1. The van der Waals surface area contributed by atoms with Crippen molar-refractivity contribution in [2.24, 2.45) is 0 Å². The van der Waals surface area contributed by atoms with Crippen LogP contribution < -0.4 is 0 Å². The predicted molar refractivity (Wildman–Crippen MR) is 57.3 cm³/mol. The fourth-order valence-corrected chi connectivity index (χ4v) is 1.94. The van der Waals surface area contributed by atoms with Gasteiger partial charge < -0.3 is 15.1 Å². The molecule has 1 aromatic rings. The number of carboxylic acids is 1. The first-order chi connectivity index (χ1) is 8.49. The van der Waals surface area contributed by atoms with E-state index in [2.05, 4.69) is 4.98 Å². The lowest BCUT2D eigenvalue weighted by molar-refractivity contribution is -0.141. The minimum absolute atomic E-state index is 0.00427. The zero-order valence-electron chi connectivity index (χ0n) is 9.28. The molecule has 1 fully saturated rings. The largest absolute Gasteiger partial charge is 0.480 e. The van der Waals surface area contributed by atoms with Crippen LogP contribution in [0.1, 0.15) is 16.8 Å². The van der Waals surface area contributed by atoms with E-state index in [-0.39, 0.29) is 18.5 Å². The number of amides is 1. The average molecular weight is 254 g/mol. The van der Waals surface area contributed by atoms with Gasteiger partial charge in [0.1, 0.15) is 6.04 Å². The van der Waals surface area contributed by atoms with Crippen LogP contribution in [0.2, 0.25) is 0 Å². The zero-order chi connectivity index (χ0) is 13.3. The fraction of sp³-hybridized carbons (Fsp3) is 0.364. The second-order valence-corrected chi connectivity index (χ2v) is 4.07. The number of hydrogen-bond acceptors (Lipinski definition) is 4. The number of carbonyl (C=O) groups is 2. The molecular weight excluding hydrogens is 243 g/mol. The maximum Gasteiger partial charge on any atom is 0.326 e. The van der Waals surface area contributed by atoms with Crippen molar-refractivity contribution in [1.82, 2.24) is 9.88 Å². The van der Waals surface area contributed by atoms with Crippen LogP contribution in [0, 0.1) is 5.95 Å². The van der Waals surface area contributed by atoms with Gasteiger partial charge in [0.15, 0.2) is 0 Å². The van der Waals surface area contributed by atoms with E-state index in [0.717, 1.165) is 17.2 Å². The number of aliphatic hydroxyl groups is 1. The van der Waals surface area contributed by atoms with Gasteiger partial charge >= 0.3 is 5.97 Å². The summed E-state index contributed by atoms with van der Waals surface area (Å²) < 4.78 is 12.6. The number of aliphatic hydroxyl groups excluding tert-OH is 1. The molecule has 1 amide bonds. The minimum atomic E-state index is -1.17. The Hall–Kier alpha value is -2.02. The van der Waals surface area contributed by atoms with E-state index in [1.165, 1.54) is 6.07 Å². The van der Waals surface area contributed by atoms with Gasteiger partial charge in [0.2, 0.25) is 5.95 Å². The highest BCUT2D eigenvalue weighted by Gasteiger charge is 2.39. The summed E-state index contributed by atoms with van der Waals surface area (Å²) in [5, 5.41) is 18.4.